The lowest BCUT2D eigenvalue weighted by Crippen LogP contribution is -2.31. The van der Waals surface area contributed by atoms with Crippen molar-refractivity contribution in [3.05, 3.63) is 65.2 Å². The van der Waals surface area contributed by atoms with Crippen molar-refractivity contribution < 1.29 is 17.7 Å². The monoisotopic (exact) mass is 461 g/mol. The van der Waals surface area contributed by atoms with Gasteiger partial charge in [0.05, 0.1) is 5.60 Å². The van der Waals surface area contributed by atoms with Crippen molar-refractivity contribution in [3.63, 3.8) is 0 Å². The summed E-state index contributed by atoms with van der Waals surface area (Å²) in [5, 5.41) is 16.3. The van der Waals surface area contributed by atoms with Crippen molar-refractivity contribution in [2.45, 2.75) is 90.1 Å². The summed E-state index contributed by atoms with van der Waals surface area (Å²) in [5.74, 6) is 0.211. The summed E-state index contributed by atoms with van der Waals surface area (Å²) >= 11 is 0. The number of hydrogen-bond donors (Lipinski definition) is 2. The molecule has 3 N–H and O–H groups in total. The van der Waals surface area contributed by atoms with Gasteiger partial charge in [-0.3, -0.25) is 0 Å². The van der Waals surface area contributed by atoms with Gasteiger partial charge >= 0.3 is 10.3 Å². The lowest BCUT2D eigenvalue weighted by molar-refractivity contribution is 0.0186. The zero-order valence-corrected chi connectivity index (χ0v) is 20.7. The largest absolute Gasteiger partial charge is 0.390 e. The first-order valence-corrected chi connectivity index (χ1v) is 13.0. The normalized spacial score (nSPS) is 14.2. The molecule has 32 heavy (non-hydrogen) atoms. The van der Waals surface area contributed by atoms with E-state index in [1.807, 2.05) is 12.1 Å². The fourth-order valence-corrected chi connectivity index (χ4v) is 4.32. The van der Waals surface area contributed by atoms with Crippen molar-refractivity contribution in [3.8, 4) is 5.75 Å². The van der Waals surface area contributed by atoms with E-state index in [-0.39, 0.29) is 11.2 Å². The van der Waals surface area contributed by atoms with Crippen LogP contribution in [0, 0.1) is 0 Å². The van der Waals surface area contributed by atoms with E-state index in [1.165, 1.54) is 11.1 Å². The van der Waals surface area contributed by atoms with E-state index in [1.54, 1.807) is 12.1 Å². The molecule has 0 saturated carbocycles. The molecule has 2 aromatic carbocycles. The third kappa shape index (κ3) is 9.31. The molecule has 0 amide bonds. The van der Waals surface area contributed by atoms with Crippen LogP contribution in [0.25, 0.3) is 0 Å². The molecule has 0 heterocycles. The van der Waals surface area contributed by atoms with Gasteiger partial charge in [0, 0.05) is 6.42 Å². The highest BCUT2D eigenvalue weighted by molar-refractivity contribution is 7.84. The maximum absolute atomic E-state index is 11.4. The Balaban J connectivity index is 1.91. The molecule has 1 atom stereocenters. The molecule has 0 aliphatic heterocycles. The number of unbranched alkanes of at least 4 members (excludes halogenated alkanes) is 2. The number of rotatable bonds is 12. The fourth-order valence-electron chi connectivity index (χ4n) is 3.94. The van der Waals surface area contributed by atoms with Crippen LogP contribution in [0.15, 0.2) is 48.5 Å². The third-order valence-electron chi connectivity index (χ3n) is 5.84. The molecule has 2 rings (SSSR count). The molecule has 0 aliphatic rings. The third-order valence-corrected chi connectivity index (χ3v) is 6.27. The Hall–Kier alpha value is -1.89. The van der Waals surface area contributed by atoms with E-state index in [0.29, 0.717) is 6.42 Å². The summed E-state index contributed by atoms with van der Waals surface area (Å²) in [6.07, 6.45) is 7.07. The van der Waals surface area contributed by atoms with Gasteiger partial charge in [0.1, 0.15) is 5.75 Å². The molecule has 6 heteroatoms. The lowest BCUT2D eigenvalue weighted by Gasteiger charge is -2.29. The van der Waals surface area contributed by atoms with Gasteiger partial charge in [-0.15, -0.1) is 0 Å². The summed E-state index contributed by atoms with van der Waals surface area (Å²) in [6, 6.07) is 15.6. The molecule has 0 fully saturated rings. The van der Waals surface area contributed by atoms with E-state index in [9.17, 15) is 13.5 Å². The predicted octanol–water partition coefficient (Wildman–Crippen LogP) is 5.44. The van der Waals surface area contributed by atoms with Crippen LogP contribution in [-0.2, 0) is 28.6 Å². The van der Waals surface area contributed by atoms with Gasteiger partial charge in [0.2, 0.25) is 0 Å². The molecule has 178 valence electrons. The topological polar surface area (TPSA) is 89.6 Å². The second kappa shape index (κ2) is 11.3. The lowest BCUT2D eigenvalue weighted by atomic mass is 9.82. The number of aliphatic hydroxyl groups is 1. The Bertz CT molecular complexity index is 931. The smallest absolute Gasteiger partial charge is 0.380 e. The highest BCUT2D eigenvalue weighted by Crippen LogP contribution is 2.28. The second-order valence-corrected chi connectivity index (χ2v) is 11.0. The molecule has 0 spiro atoms. The summed E-state index contributed by atoms with van der Waals surface area (Å²) in [5.41, 5.74) is 3.02. The molecule has 0 saturated heterocycles. The summed E-state index contributed by atoms with van der Waals surface area (Å²) in [7, 11) is -4.00. The SMILES string of the molecule is CCCCC(O)(CCCCc1ccc(OS(N)(=O)=O)cc1)Cc1ccc(C(C)(C)C)cc1. The Morgan fingerprint density at radius 1 is 0.875 bits per heavy atom. The molecule has 0 radical (unpaired) electrons. The maximum atomic E-state index is 11.4. The van der Waals surface area contributed by atoms with Crippen molar-refractivity contribution in [2.24, 2.45) is 5.14 Å². The first-order valence-electron chi connectivity index (χ1n) is 11.5. The molecular formula is C26H39NO4S. The van der Waals surface area contributed by atoms with Crippen LogP contribution >= 0.6 is 0 Å². The fraction of sp³-hybridized carbons (Fsp3) is 0.538. The zero-order valence-electron chi connectivity index (χ0n) is 19.9. The highest BCUT2D eigenvalue weighted by Gasteiger charge is 2.26. The quantitative estimate of drug-likeness (QED) is 0.412. The molecule has 2 aromatic rings. The van der Waals surface area contributed by atoms with Gasteiger partial charge < -0.3 is 9.29 Å². The average Bonchev–Trinajstić information content (AvgIpc) is 2.70. The van der Waals surface area contributed by atoms with Crippen LogP contribution in [-0.4, -0.2) is 19.1 Å². The Morgan fingerprint density at radius 2 is 1.44 bits per heavy atom. The number of benzene rings is 2. The number of nitrogens with two attached hydrogens (primary N) is 1. The van der Waals surface area contributed by atoms with Crippen LogP contribution in [0.2, 0.25) is 0 Å². The van der Waals surface area contributed by atoms with Crippen LogP contribution in [0.1, 0.15) is 82.9 Å². The maximum Gasteiger partial charge on any atom is 0.380 e. The minimum atomic E-state index is -4.00. The van der Waals surface area contributed by atoms with Crippen molar-refractivity contribution >= 4 is 10.3 Å². The van der Waals surface area contributed by atoms with E-state index in [0.717, 1.165) is 50.5 Å². The Kier molecular flexibility index (Phi) is 9.31. The van der Waals surface area contributed by atoms with Gasteiger partial charge in [0.25, 0.3) is 0 Å². The second-order valence-electron chi connectivity index (χ2n) is 9.88. The molecule has 0 aromatic heterocycles. The average molecular weight is 462 g/mol. The van der Waals surface area contributed by atoms with Crippen LogP contribution < -0.4 is 9.32 Å². The zero-order chi connectivity index (χ0) is 23.8. The predicted molar refractivity (Wildman–Crippen MR) is 131 cm³/mol. The summed E-state index contributed by atoms with van der Waals surface area (Å²) in [6.45, 7) is 8.78. The molecule has 0 aliphatic carbocycles. The highest BCUT2D eigenvalue weighted by atomic mass is 32.2. The Labute approximate surface area is 194 Å². The van der Waals surface area contributed by atoms with Crippen molar-refractivity contribution in [2.75, 3.05) is 0 Å². The van der Waals surface area contributed by atoms with Gasteiger partial charge in [-0.2, -0.15) is 13.6 Å². The van der Waals surface area contributed by atoms with Crippen molar-refractivity contribution in [1.29, 1.82) is 0 Å². The van der Waals surface area contributed by atoms with Gasteiger partial charge in [-0.1, -0.05) is 83.4 Å². The van der Waals surface area contributed by atoms with E-state index in [2.05, 4.69) is 56.1 Å². The minimum absolute atomic E-state index is 0.125. The molecule has 1 unspecified atom stereocenters. The molecule has 5 nitrogen and oxygen atoms in total. The van der Waals surface area contributed by atoms with Crippen LogP contribution in [0.5, 0.6) is 5.75 Å². The van der Waals surface area contributed by atoms with Crippen LogP contribution in [0.3, 0.4) is 0 Å². The minimum Gasteiger partial charge on any atom is -0.390 e. The molecule has 0 bridgehead atoms. The Morgan fingerprint density at radius 3 is 1.97 bits per heavy atom. The van der Waals surface area contributed by atoms with E-state index in [4.69, 9.17) is 5.14 Å². The van der Waals surface area contributed by atoms with Crippen LogP contribution in [0.4, 0.5) is 0 Å². The van der Waals surface area contributed by atoms with Crippen molar-refractivity contribution in [1.82, 2.24) is 0 Å². The van der Waals surface area contributed by atoms with E-state index < -0.39 is 15.9 Å². The van der Waals surface area contributed by atoms with E-state index >= 15 is 0 Å². The first kappa shape index (κ1) is 26.4. The standard InChI is InChI=1S/C26H39NO4S/c1-5-6-18-26(28,20-22-10-14-23(15-11-22)25(2,3)4)19-8-7-9-21-12-16-24(17-13-21)31-32(27,29)30/h10-17,28H,5-9,18-20H2,1-4H3,(H2,27,29,30). The summed E-state index contributed by atoms with van der Waals surface area (Å²) in [4.78, 5) is 0. The van der Waals surface area contributed by atoms with Gasteiger partial charge in [0.15, 0.2) is 0 Å². The van der Waals surface area contributed by atoms with Gasteiger partial charge in [-0.25, -0.2) is 0 Å². The first-order chi connectivity index (χ1) is 14.9. The summed E-state index contributed by atoms with van der Waals surface area (Å²) < 4.78 is 26.6. The number of hydrogen-bond acceptors (Lipinski definition) is 4. The number of aryl methyl sites for hydroxylation is 1. The molecular weight excluding hydrogens is 422 g/mol. The van der Waals surface area contributed by atoms with Gasteiger partial charge in [-0.05, 0) is 59.9 Å².